The van der Waals surface area contributed by atoms with Crippen LogP contribution in [-0.2, 0) is 9.84 Å². The van der Waals surface area contributed by atoms with Crippen molar-refractivity contribution >= 4 is 26.7 Å². The van der Waals surface area contributed by atoms with Gasteiger partial charge in [-0.15, -0.1) is 0 Å². The molecule has 1 amide bonds. The first-order valence-electron chi connectivity index (χ1n) is 10.7. The molecule has 32 heavy (non-hydrogen) atoms. The van der Waals surface area contributed by atoms with E-state index in [1.807, 2.05) is 19.1 Å². The number of amides is 1. The molecule has 166 valence electrons. The summed E-state index contributed by atoms with van der Waals surface area (Å²) in [6.45, 7) is 2.61. The summed E-state index contributed by atoms with van der Waals surface area (Å²) in [7, 11) is -3.24. The van der Waals surface area contributed by atoms with E-state index in [4.69, 9.17) is 9.15 Å². The molecular formula is C24H23NO6S. The Bertz CT molecular complexity index is 1360. The average molecular weight is 454 g/mol. The van der Waals surface area contributed by atoms with Gasteiger partial charge in [0, 0.05) is 6.04 Å². The van der Waals surface area contributed by atoms with Crippen molar-refractivity contribution < 1.29 is 22.4 Å². The van der Waals surface area contributed by atoms with Crippen molar-refractivity contribution in [2.24, 2.45) is 0 Å². The highest BCUT2D eigenvalue weighted by molar-refractivity contribution is 7.91. The predicted molar refractivity (Wildman–Crippen MR) is 120 cm³/mol. The Morgan fingerprint density at radius 2 is 1.84 bits per heavy atom. The molecule has 1 saturated heterocycles. The first kappa shape index (κ1) is 20.8. The highest BCUT2D eigenvalue weighted by Gasteiger charge is 2.48. The van der Waals surface area contributed by atoms with Gasteiger partial charge in [0.2, 0.25) is 5.76 Å². The molecule has 0 radical (unpaired) electrons. The maximum atomic E-state index is 13.5. The van der Waals surface area contributed by atoms with Crippen LogP contribution in [0.3, 0.4) is 0 Å². The van der Waals surface area contributed by atoms with Gasteiger partial charge in [-0.25, -0.2) is 8.42 Å². The fraction of sp³-hybridized carbons (Fsp3) is 0.333. The fourth-order valence-electron chi connectivity index (χ4n) is 4.60. The third-order valence-corrected chi connectivity index (χ3v) is 7.83. The summed E-state index contributed by atoms with van der Waals surface area (Å²) in [5, 5.41) is 0.396. The molecule has 2 atom stereocenters. The molecule has 3 heterocycles. The Balaban J connectivity index is 1.66. The van der Waals surface area contributed by atoms with Crippen molar-refractivity contribution in [1.82, 2.24) is 4.90 Å². The second-order valence-electron chi connectivity index (χ2n) is 8.26. The first-order valence-corrected chi connectivity index (χ1v) is 12.5. The standard InChI is InChI=1S/C24H23NO6S/c1-2-12-30-17-9-7-15(8-10-17)21-20-22(26)18-5-3-4-6-19(18)31-23(20)24(27)25(21)16-11-13-32(28,29)14-16/h3-10,16,21H,2,11-14H2,1H3/t16-,21+/m0/s1. The Morgan fingerprint density at radius 3 is 2.53 bits per heavy atom. The van der Waals surface area contributed by atoms with E-state index in [1.165, 1.54) is 4.90 Å². The van der Waals surface area contributed by atoms with Crippen LogP contribution < -0.4 is 10.2 Å². The summed E-state index contributed by atoms with van der Waals surface area (Å²) in [6, 6.07) is 12.8. The van der Waals surface area contributed by atoms with Gasteiger partial charge in [0.05, 0.1) is 35.1 Å². The minimum Gasteiger partial charge on any atom is -0.494 e. The van der Waals surface area contributed by atoms with Crippen molar-refractivity contribution in [3.05, 3.63) is 75.6 Å². The van der Waals surface area contributed by atoms with Gasteiger partial charge in [0.25, 0.3) is 5.91 Å². The molecule has 1 aromatic heterocycles. The number of rotatable bonds is 5. The summed E-state index contributed by atoms with van der Waals surface area (Å²) in [5.74, 6) is 0.156. The van der Waals surface area contributed by atoms with E-state index >= 15 is 0 Å². The molecule has 0 saturated carbocycles. The Labute approximate surface area is 185 Å². The predicted octanol–water partition coefficient (Wildman–Crippen LogP) is 3.31. The summed E-state index contributed by atoms with van der Waals surface area (Å²) >= 11 is 0. The second kappa shape index (κ2) is 7.78. The van der Waals surface area contributed by atoms with Crippen LogP contribution in [0.4, 0.5) is 0 Å². The van der Waals surface area contributed by atoms with Crippen LogP contribution in [0.15, 0.2) is 57.7 Å². The summed E-state index contributed by atoms with van der Waals surface area (Å²) < 4.78 is 35.9. The molecule has 5 rings (SSSR count). The average Bonchev–Trinajstić information content (AvgIpc) is 3.29. The molecule has 2 aliphatic rings. The number of ether oxygens (including phenoxy) is 1. The van der Waals surface area contributed by atoms with E-state index in [0.717, 1.165) is 6.42 Å². The Hall–Kier alpha value is -3.13. The third-order valence-electron chi connectivity index (χ3n) is 6.08. The molecule has 0 N–H and O–H groups in total. The maximum Gasteiger partial charge on any atom is 0.291 e. The van der Waals surface area contributed by atoms with Crippen molar-refractivity contribution in [2.75, 3.05) is 18.1 Å². The van der Waals surface area contributed by atoms with E-state index in [9.17, 15) is 18.0 Å². The first-order chi connectivity index (χ1) is 15.4. The van der Waals surface area contributed by atoms with Crippen molar-refractivity contribution in [3.8, 4) is 5.75 Å². The van der Waals surface area contributed by atoms with E-state index in [0.29, 0.717) is 35.3 Å². The second-order valence-corrected chi connectivity index (χ2v) is 10.5. The van der Waals surface area contributed by atoms with Gasteiger partial charge in [0.15, 0.2) is 15.3 Å². The lowest BCUT2D eigenvalue weighted by molar-refractivity contribution is 0.0662. The van der Waals surface area contributed by atoms with Crippen molar-refractivity contribution in [2.45, 2.75) is 31.8 Å². The number of carbonyl (C=O) groups is 1. The van der Waals surface area contributed by atoms with E-state index in [2.05, 4.69) is 0 Å². The van der Waals surface area contributed by atoms with Crippen LogP contribution in [0.2, 0.25) is 0 Å². The molecule has 1 fully saturated rings. The van der Waals surface area contributed by atoms with Gasteiger partial charge < -0.3 is 14.1 Å². The van der Waals surface area contributed by atoms with Crippen LogP contribution in [0, 0.1) is 0 Å². The number of hydrogen-bond donors (Lipinski definition) is 0. The Kier molecular flexibility index (Phi) is 5.04. The zero-order valence-corrected chi connectivity index (χ0v) is 18.4. The van der Waals surface area contributed by atoms with Gasteiger partial charge in [-0.05, 0) is 42.7 Å². The summed E-state index contributed by atoms with van der Waals surface area (Å²) in [6.07, 6.45) is 1.22. The lowest BCUT2D eigenvalue weighted by Crippen LogP contribution is -2.40. The van der Waals surface area contributed by atoms with E-state index in [1.54, 1.807) is 36.4 Å². The maximum absolute atomic E-state index is 13.5. The van der Waals surface area contributed by atoms with Crippen molar-refractivity contribution in [3.63, 3.8) is 0 Å². The minimum atomic E-state index is -3.24. The molecule has 0 spiro atoms. The zero-order valence-electron chi connectivity index (χ0n) is 17.6. The lowest BCUT2D eigenvalue weighted by Gasteiger charge is -2.30. The summed E-state index contributed by atoms with van der Waals surface area (Å²) in [5.41, 5.74) is 1.05. The van der Waals surface area contributed by atoms with Crippen LogP contribution in [-0.4, -0.2) is 43.4 Å². The number of fused-ring (bicyclic) bond motifs is 2. The third kappa shape index (κ3) is 3.39. The number of para-hydroxylation sites is 1. The van der Waals surface area contributed by atoms with Crippen LogP contribution in [0.1, 0.15) is 47.5 Å². The van der Waals surface area contributed by atoms with Gasteiger partial charge in [0.1, 0.15) is 11.3 Å². The van der Waals surface area contributed by atoms with Gasteiger partial charge >= 0.3 is 0 Å². The quantitative estimate of drug-likeness (QED) is 0.588. The molecule has 3 aromatic rings. The molecule has 2 aromatic carbocycles. The molecular weight excluding hydrogens is 430 g/mol. The number of nitrogens with zero attached hydrogens (tertiary/aromatic N) is 1. The van der Waals surface area contributed by atoms with Gasteiger partial charge in [-0.2, -0.15) is 0 Å². The van der Waals surface area contributed by atoms with Crippen LogP contribution in [0.25, 0.3) is 11.0 Å². The smallest absolute Gasteiger partial charge is 0.291 e. The molecule has 2 aliphatic heterocycles. The minimum absolute atomic E-state index is 0.00527. The molecule has 7 nitrogen and oxygen atoms in total. The normalized spacial score (nSPS) is 21.8. The number of hydrogen-bond acceptors (Lipinski definition) is 6. The largest absolute Gasteiger partial charge is 0.494 e. The van der Waals surface area contributed by atoms with Crippen molar-refractivity contribution in [1.29, 1.82) is 0 Å². The highest BCUT2D eigenvalue weighted by Crippen LogP contribution is 2.41. The van der Waals surface area contributed by atoms with Gasteiger partial charge in [-0.1, -0.05) is 31.2 Å². The monoisotopic (exact) mass is 453 g/mol. The molecule has 0 bridgehead atoms. The van der Waals surface area contributed by atoms with Gasteiger partial charge in [-0.3, -0.25) is 9.59 Å². The molecule has 0 aliphatic carbocycles. The topological polar surface area (TPSA) is 93.9 Å². The number of sulfone groups is 1. The molecule has 8 heteroatoms. The van der Waals surface area contributed by atoms with E-state index in [-0.39, 0.29) is 28.3 Å². The summed E-state index contributed by atoms with van der Waals surface area (Å²) in [4.78, 5) is 28.4. The fourth-order valence-corrected chi connectivity index (χ4v) is 6.31. The SMILES string of the molecule is CCCOc1ccc([C@@H]2c3c(oc4ccccc4c3=O)C(=O)N2[C@H]2CCS(=O)(=O)C2)cc1. The lowest BCUT2D eigenvalue weighted by atomic mass is 9.97. The van der Waals surface area contributed by atoms with Crippen LogP contribution in [0.5, 0.6) is 5.75 Å². The highest BCUT2D eigenvalue weighted by atomic mass is 32.2. The van der Waals surface area contributed by atoms with E-state index < -0.39 is 27.8 Å². The Morgan fingerprint density at radius 1 is 1.09 bits per heavy atom. The number of benzene rings is 2. The number of carbonyl (C=O) groups excluding carboxylic acids is 1. The van der Waals surface area contributed by atoms with Crippen LogP contribution >= 0.6 is 0 Å². The molecule has 0 unspecified atom stereocenters. The zero-order chi connectivity index (χ0) is 22.5.